The summed E-state index contributed by atoms with van der Waals surface area (Å²) in [5, 5.41) is 13.0. The van der Waals surface area contributed by atoms with Gasteiger partial charge in [-0.25, -0.2) is 4.98 Å². The number of rotatable bonds is 5. The molecule has 0 aliphatic carbocycles. The molecule has 1 aromatic carbocycles. The number of hydrogen-bond acceptors (Lipinski definition) is 4. The Morgan fingerprint density at radius 1 is 1.43 bits per heavy atom. The van der Waals surface area contributed by atoms with Crippen LogP contribution in [0.2, 0.25) is 5.15 Å². The van der Waals surface area contributed by atoms with E-state index in [9.17, 15) is 9.90 Å². The summed E-state index contributed by atoms with van der Waals surface area (Å²) in [4.78, 5) is 15.7. The number of nitrogens with one attached hydrogen (secondary N) is 1. The summed E-state index contributed by atoms with van der Waals surface area (Å²) in [6.07, 6.45) is 0.569. The van der Waals surface area contributed by atoms with Gasteiger partial charge in [-0.15, -0.1) is 0 Å². The fraction of sp³-hybridized carbons (Fsp3) is 0.200. The highest BCUT2D eigenvalue weighted by Gasteiger charge is 2.11. The zero-order chi connectivity index (χ0) is 15.2. The van der Waals surface area contributed by atoms with Crippen LogP contribution in [0.1, 0.15) is 22.0 Å². The van der Waals surface area contributed by atoms with E-state index < -0.39 is 6.10 Å². The average Bonchev–Trinajstić information content (AvgIpc) is 2.53. The van der Waals surface area contributed by atoms with E-state index in [1.54, 1.807) is 37.4 Å². The highest BCUT2D eigenvalue weighted by Crippen LogP contribution is 2.18. The number of aromatic nitrogens is 1. The second kappa shape index (κ2) is 7.06. The smallest absolute Gasteiger partial charge is 0.252 e. The van der Waals surface area contributed by atoms with Gasteiger partial charge in [0.05, 0.1) is 18.8 Å². The zero-order valence-electron chi connectivity index (χ0n) is 11.4. The standard InChI is InChI=1S/C15H15ClN2O3/c1-21-12-4-2-3-10(7-12)13(19)9-18-15(20)11-5-6-14(16)17-8-11/h2-8,13,19H,9H2,1H3,(H,18,20)/t13-/m1/s1. The van der Waals surface area contributed by atoms with Gasteiger partial charge in [0.25, 0.3) is 5.91 Å². The van der Waals surface area contributed by atoms with Gasteiger partial charge in [-0.05, 0) is 29.8 Å². The minimum Gasteiger partial charge on any atom is -0.497 e. The third-order valence-corrected chi connectivity index (χ3v) is 3.15. The van der Waals surface area contributed by atoms with Crippen LogP contribution in [0.25, 0.3) is 0 Å². The fourth-order valence-electron chi connectivity index (χ4n) is 1.77. The van der Waals surface area contributed by atoms with E-state index in [0.717, 1.165) is 0 Å². The Balaban J connectivity index is 1.95. The summed E-state index contributed by atoms with van der Waals surface area (Å²) in [6.45, 7) is 0.0919. The minimum atomic E-state index is -0.815. The lowest BCUT2D eigenvalue weighted by Crippen LogP contribution is -2.28. The number of pyridine rings is 1. The van der Waals surface area contributed by atoms with E-state index in [0.29, 0.717) is 22.0 Å². The monoisotopic (exact) mass is 306 g/mol. The fourth-order valence-corrected chi connectivity index (χ4v) is 1.88. The molecule has 110 valence electrons. The first kappa shape index (κ1) is 15.3. The first-order chi connectivity index (χ1) is 10.1. The van der Waals surface area contributed by atoms with Crippen LogP contribution in [0.5, 0.6) is 5.75 Å². The lowest BCUT2D eigenvalue weighted by Gasteiger charge is -2.13. The molecular formula is C15H15ClN2O3. The molecule has 0 bridgehead atoms. The molecule has 0 fully saturated rings. The van der Waals surface area contributed by atoms with Crippen molar-refractivity contribution in [2.24, 2.45) is 0 Å². The lowest BCUT2D eigenvalue weighted by molar-refractivity contribution is 0.0916. The van der Waals surface area contributed by atoms with Gasteiger partial charge in [0.1, 0.15) is 10.9 Å². The number of nitrogens with zero attached hydrogens (tertiary/aromatic N) is 1. The molecule has 0 aliphatic heterocycles. The molecule has 0 saturated carbocycles. The molecule has 0 radical (unpaired) electrons. The predicted molar refractivity (Wildman–Crippen MR) is 79.5 cm³/mol. The van der Waals surface area contributed by atoms with Crippen LogP contribution in [0.3, 0.4) is 0 Å². The predicted octanol–water partition coefficient (Wildman–Crippen LogP) is 2.21. The molecular weight excluding hydrogens is 292 g/mol. The Morgan fingerprint density at radius 3 is 2.90 bits per heavy atom. The van der Waals surface area contributed by atoms with E-state index in [1.165, 1.54) is 12.3 Å². The van der Waals surface area contributed by atoms with Gasteiger partial charge in [0.2, 0.25) is 0 Å². The van der Waals surface area contributed by atoms with E-state index in [2.05, 4.69) is 10.3 Å². The molecule has 1 aromatic heterocycles. The summed E-state index contributed by atoms with van der Waals surface area (Å²) >= 11 is 5.66. The van der Waals surface area contributed by atoms with Crippen LogP contribution >= 0.6 is 11.6 Å². The summed E-state index contributed by atoms with van der Waals surface area (Å²) in [5.41, 5.74) is 1.06. The van der Waals surface area contributed by atoms with Crippen molar-refractivity contribution in [3.05, 3.63) is 58.9 Å². The van der Waals surface area contributed by atoms with Gasteiger partial charge in [-0.2, -0.15) is 0 Å². The van der Waals surface area contributed by atoms with Gasteiger partial charge in [0.15, 0.2) is 0 Å². The molecule has 1 heterocycles. The number of halogens is 1. The van der Waals surface area contributed by atoms with Gasteiger partial charge >= 0.3 is 0 Å². The van der Waals surface area contributed by atoms with Crippen molar-refractivity contribution in [3.8, 4) is 5.75 Å². The molecule has 2 aromatic rings. The van der Waals surface area contributed by atoms with Crippen LogP contribution in [0, 0.1) is 0 Å². The van der Waals surface area contributed by atoms with Crippen molar-refractivity contribution in [1.82, 2.24) is 10.3 Å². The summed E-state index contributed by atoms with van der Waals surface area (Å²) in [7, 11) is 1.56. The number of aliphatic hydroxyl groups is 1. The largest absolute Gasteiger partial charge is 0.497 e. The van der Waals surface area contributed by atoms with Gasteiger partial charge in [0, 0.05) is 12.7 Å². The summed E-state index contributed by atoms with van der Waals surface area (Å²) in [5.74, 6) is 0.334. The van der Waals surface area contributed by atoms with E-state index in [1.807, 2.05) is 0 Å². The highest BCUT2D eigenvalue weighted by molar-refractivity contribution is 6.29. The Morgan fingerprint density at radius 2 is 2.24 bits per heavy atom. The third kappa shape index (κ3) is 4.18. The molecule has 2 N–H and O–H groups in total. The number of carbonyl (C=O) groups excluding carboxylic acids is 1. The molecule has 0 spiro atoms. The topological polar surface area (TPSA) is 71.5 Å². The Hall–Kier alpha value is -2.11. The second-order valence-electron chi connectivity index (χ2n) is 4.37. The summed E-state index contributed by atoms with van der Waals surface area (Å²) in [6, 6.07) is 10.2. The molecule has 6 heteroatoms. The molecule has 1 amide bonds. The SMILES string of the molecule is COc1cccc([C@H](O)CNC(=O)c2ccc(Cl)nc2)c1. The van der Waals surface area contributed by atoms with Gasteiger partial charge in [-0.3, -0.25) is 4.79 Å². The Bertz CT molecular complexity index is 617. The van der Waals surface area contributed by atoms with Crippen LogP contribution in [0.4, 0.5) is 0 Å². The maximum Gasteiger partial charge on any atom is 0.252 e. The average molecular weight is 307 g/mol. The molecule has 2 rings (SSSR count). The van der Waals surface area contributed by atoms with Crippen molar-refractivity contribution in [2.75, 3.05) is 13.7 Å². The molecule has 1 atom stereocenters. The van der Waals surface area contributed by atoms with Crippen LogP contribution in [0.15, 0.2) is 42.6 Å². The number of benzene rings is 1. The highest BCUT2D eigenvalue weighted by atomic mass is 35.5. The number of ether oxygens (including phenoxy) is 1. The first-order valence-electron chi connectivity index (χ1n) is 6.32. The van der Waals surface area contributed by atoms with Crippen molar-refractivity contribution >= 4 is 17.5 Å². The van der Waals surface area contributed by atoms with Crippen molar-refractivity contribution < 1.29 is 14.6 Å². The number of carbonyl (C=O) groups is 1. The molecule has 21 heavy (non-hydrogen) atoms. The normalized spacial score (nSPS) is 11.8. The molecule has 0 saturated heterocycles. The van der Waals surface area contributed by atoms with E-state index in [4.69, 9.17) is 16.3 Å². The third-order valence-electron chi connectivity index (χ3n) is 2.92. The molecule has 0 aliphatic rings. The Kier molecular flexibility index (Phi) is 5.14. The molecule has 0 unspecified atom stereocenters. The number of hydrogen-bond donors (Lipinski definition) is 2. The van der Waals surface area contributed by atoms with Crippen molar-refractivity contribution in [2.45, 2.75) is 6.10 Å². The zero-order valence-corrected chi connectivity index (χ0v) is 12.2. The number of methoxy groups -OCH3 is 1. The maximum absolute atomic E-state index is 11.9. The van der Waals surface area contributed by atoms with Crippen LogP contribution in [-0.4, -0.2) is 29.7 Å². The minimum absolute atomic E-state index is 0.0919. The van der Waals surface area contributed by atoms with E-state index in [-0.39, 0.29) is 12.5 Å². The van der Waals surface area contributed by atoms with Crippen LogP contribution in [-0.2, 0) is 0 Å². The van der Waals surface area contributed by atoms with Gasteiger partial charge in [-0.1, -0.05) is 23.7 Å². The van der Waals surface area contributed by atoms with Crippen molar-refractivity contribution in [1.29, 1.82) is 0 Å². The van der Waals surface area contributed by atoms with E-state index >= 15 is 0 Å². The van der Waals surface area contributed by atoms with Gasteiger partial charge < -0.3 is 15.2 Å². The number of aliphatic hydroxyl groups excluding tert-OH is 1. The Labute approximate surface area is 127 Å². The maximum atomic E-state index is 11.9. The second-order valence-corrected chi connectivity index (χ2v) is 4.76. The quantitative estimate of drug-likeness (QED) is 0.831. The summed E-state index contributed by atoms with van der Waals surface area (Å²) < 4.78 is 5.09. The van der Waals surface area contributed by atoms with Crippen LogP contribution < -0.4 is 10.1 Å². The lowest BCUT2D eigenvalue weighted by atomic mass is 10.1. The first-order valence-corrected chi connectivity index (χ1v) is 6.69. The number of amides is 1. The van der Waals surface area contributed by atoms with Crippen molar-refractivity contribution in [3.63, 3.8) is 0 Å². The molecule has 5 nitrogen and oxygen atoms in total.